The quantitative estimate of drug-likeness (QED) is 0.198. The maximum atomic E-state index is 9.17. The monoisotopic (exact) mass is 114 g/mol. The van der Waals surface area contributed by atoms with Gasteiger partial charge < -0.3 is 16.4 Å². The maximum absolute atomic E-state index is 9.17. The zero-order chi connectivity index (χ0) is 4.28. The van der Waals surface area contributed by atoms with Crippen LogP contribution in [0.25, 0.3) is 5.48 Å². The second-order valence-electron chi connectivity index (χ2n) is 0.438. The molecule has 2 amide bonds. The van der Waals surface area contributed by atoms with Crippen LogP contribution in [0.5, 0.6) is 0 Å². The summed E-state index contributed by atoms with van der Waals surface area (Å²) < 4.78 is 0. The van der Waals surface area contributed by atoms with Crippen LogP contribution in [0, 0.1) is 0 Å². The summed E-state index contributed by atoms with van der Waals surface area (Å²) >= 11 is 0. The molecule has 0 saturated carbocycles. The van der Waals surface area contributed by atoms with Gasteiger partial charge in [-0.15, -0.1) is 0 Å². The van der Waals surface area contributed by atoms with Gasteiger partial charge in [-0.05, 0) is 0 Å². The summed E-state index contributed by atoms with van der Waals surface area (Å²) in [4.78, 5) is 9.17. The Bertz CT molecular complexity index is 46.8. The van der Waals surface area contributed by atoms with Gasteiger partial charge in [0.2, 0.25) is 0 Å². The van der Waals surface area contributed by atoms with Gasteiger partial charge in [-0.2, -0.15) is 0 Å². The predicted octanol–water partition coefficient (Wildman–Crippen LogP) is -3.17. The van der Waals surface area contributed by atoms with Gasteiger partial charge in [0.25, 0.3) is 0 Å². The number of nitrogens with zero attached hydrogens (tertiary/aromatic N) is 1. The molecule has 0 heterocycles. The molecule has 6 heavy (non-hydrogen) atoms. The number of hydroxylamine groups is 1. The molecule has 0 unspecified atom stereocenters. The third-order valence-electron chi connectivity index (χ3n) is 0.0986. The van der Waals surface area contributed by atoms with Crippen molar-refractivity contribution >= 4 is 6.03 Å². The Hall–Kier alpha value is 0.866. The Morgan fingerprint density at radius 2 is 2.00 bits per heavy atom. The molecule has 0 aliphatic rings. The summed E-state index contributed by atoms with van der Waals surface area (Å²) in [5.41, 5.74) is 6.26. The summed E-state index contributed by atoms with van der Waals surface area (Å²) in [6, 6.07) is -1.06. The molecule has 5 heteroatoms. The summed E-state index contributed by atoms with van der Waals surface area (Å²) in [6.45, 7) is 0. The van der Waals surface area contributed by atoms with E-state index in [-0.39, 0.29) is 51.4 Å². The van der Waals surface area contributed by atoms with Crippen molar-refractivity contribution in [2.45, 2.75) is 0 Å². The molecular formula is CH3KN2O2. The Morgan fingerprint density at radius 3 is 2.00 bits per heavy atom. The molecule has 4 nitrogen and oxygen atoms in total. The molecule has 30 valence electrons. The third kappa shape index (κ3) is 8.85. The number of hydrogen-bond donors (Lipinski definition) is 2. The van der Waals surface area contributed by atoms with E-state index in [9.17, 15) is 4.79 Å². The van der Waals surface area contributed by atoms with E-state index in [1.165, 1.54) is 0 Å². The van der Waals surface area contributed by atoms with E-state index in [0.29, 0.717) is 0 Å². The van der Waals surface area contributed by atoms with Crippen LogP contribution >= 0.6 is 0 Å². The van der Waals surface area contributed by atoms with Crippen LogP contribution < -0.4 is 57.1 Å². The van der Waals surface area contributed by atoms with Crippen LogP contribution in [0.4, 0.5) is 4.79 Å². The van der Waals surface area contributed by atoms with Crippen molar-refractivity contribution in [3.05, 3.63) is 5.48 Å². The van der Waals surface area contributed by atoms with Gasteiger partial charge in [0.1, 0.15) is 0 Å². The number of primary amides is 1. The summed E-state index contributed by atoms with van der Waals surface area (Å²) in [6.07, 6.45) is 0. The summed E-state index contributed by atoms with van der Waals surface area (Å²) in [5, 5.41) is 7.29. The van der Waals surface area contributed by atoms with Crippen LogP contribution in [-0.2, 0) is 0 Å². The minimum atomic E-state index is -1.06. The van der Waals surface area contributed by atoms with Crippen molar-refractivity contribution in [2.75, 3.05) is 0 Å². The van der Waals surface area contributed by atoms with E-state index < -0.39 is 6.03 Å². The van der Waals surface area contributed by atoms with Gasteiger partial charge in [-0.3, -0.25) is 4.79 Å². The van der Waals surface area contributed by atoms with Crippen molar-refractivity contribution in [2.24, 2.45) is 5.73 Å². The Morgan fingerprint density at radius 1 is 1.83 bits per heavy atom. The average molecular weight is 114 g/mol. The molecule has 0 radical (unpaired) electrons. The first-order valence-electron chi connectivity index (χ1n) is 0.916. The first kappa shape index (κ1) is 9.98. The zero-order valence-corrected chi connectivity index (χ0v) is 6.50. The van der Waals surface area contributed by atoms with E-state index in [2.05, 4.69) is 5.73 Å². The van der Waals surface area contributed by atoms with Crippen molar-refractivity contribution in [1.29, 1.82) is 0 Å². The smallest absolute Gasteiger partial charge is 0.461 e. The molecule has 0 saturated heterocycles. The van der Waals surface area contributed by atoms with Crippen molar-refractivity contribution in [3.8, 4) is 0 Å². The number of nitrogens with two attached hydrogens (primary N) is 1. The SMILES string of the molecule is NC(=O)[N-]O.[K+]. The standard InChI is InChI=1S/CH4N2O2.K/c2-1(4)3-5;/h(H4,2,3,4,5);/q;+1/p-1. The van der Waals surface area contributed by atoms with Crippen molar-refractivity contribution < 1.29 is 61.4 Å². The molecule has 0 aliphatic carbocycles. The molecule has 0 aromatic carbocycles. The fourth-order valence-electron chi connectivity index (χ4n) is 0. The normalized spacial score (nSPS) is 5.50. The molecular weight excluding hydrogens is 111 g/mol. The van der Waals surface area contributed by atoms with Gasteiger partial charge in [-0.1, -0.05) is 0 Å². The fraction of sp³-hybridized carbons (Fsp3) is 0. The Labute approximate surface area is 77.5 Å². The topological polar surface area (TPSA) is 77.4 Å². The summed E-state index contributed by atoms with van der Waals surface area (Å²) in [7, 11) is 0. The van der Waals surface area contributed by atoms with E-state index in [4.69, 9.17) is 5.21 Å². The van der Waals surface area contributed by atoms with Gasteiger partial charge in [0.05, 0.1) is 0 Å². The number of carbonyl (C=O) groups excluding carboxylic acids is 1. The molecule has 0 aliphatic heterocycles. The molecule has 0 rings (SSSR count). The van der Waals surface area contributed by atoms with Gasteiger partial charge >= 0.3 is 51.4 Å². The van der Waals surface area contributed by atoms with Gasteiger partial charge in [0.15, 0.2) is 6.03 Å². The first-order valence-corrected chi connectivity index (χ1v) is 0.916. The predicted molar refractivity (Wildman–Crippen MR) is 14.7 cm³/mol. The molecule has 0 bridgehead atoms. The van der Waals surface area contributed by atoms with Crippen LogP contribution in [0.2, 0.25) is 0 Å². The third-order valence-corrected chi connectivity index (χ3v) is 0.0986. The maximum Gasteiger partial charge on any atom is 1.00 e. The van der Waals surface area contributed by atoms with Crippen LogP contribution in [0.3, 0.4) is 0 Å². The van der Waals surface area contributed by atoms with Crippen LogP contribution in [0.1, 0.15) is 0 Å². The molecule has 0 aromatic rings. The number of hydrogen-bond acceptors (Lipinski definition) is 2. The molecule has 0 spiro atoms. The molecule has 0 atom stereocenters. The zero-order valence-electron chi connectivity index (χ0n) is 3.38. The largest absolute Gasteiger partial charge is 1.00 e. The molecule has 0 aromatic heterocycles. The van der Waals surface area contributed by atoms with Gasteiger partial charge in [-0.25, -0.2) is 0 Å². The summed E-state index contributed by atoms with van der Waals surface area (Å²) in [5.74, 6) is 0. The number of urea groups is 1. The van der Waals surface area contributed by atoms with Crippen molar-refractivity contribution in [3.63, 3.8) is 0 Å². The van der Waals surface area contributed by atoms with Crippen LogP contribution in [-0.4, -0.2) is 11.2 Å². The number of rotatable bonds is 0. The van der Waals surface area contributed by atoms with E-state index in [1.807, 2.05) is 5.48 Å². The van der Waals surface area contributed by atoms with E-state index in [0.717, 1.165) is 0 Å². The molecule has 0 fully saturated rings. The van der Waals surface area contributed by atoms with Gasteiger partial charge in [0, 0.05) is 0 Å². The van der Waals surface area contributed by atoms with Crippen LogP contribution in [0.15, 0.2) is 0 Å². The fourth-order valence-corrected chi connectivity index (χ4v) is 0. The van der Waals surface area contributed by atoms with E-state index >= 15 is 0 Å². The second kappa shape index (κ2) is 5.87. The second-order valence-corrected chi connectivity index (χ2v) is 0.438. The Kier molecular flexibility index (Phi) is 9.76. The minimum Gasteiger partial charge on any atom is -0.461 e. The van der Waals surface area contributed by atoms with Crippen molar-refractivity contribution in [1.82, 2.24) is 0 Å². The molecule has 3 N–H and O–H groups in total. The first-order chi connectivity index (χ1) is 2.27. The number of amides is 2. The minimum absolute atomic E-state index is 0. The average Bonchev–Trinajstić information content (AvgIpc) is 1.38. The Balaban J connectivity index is 0. The number of carbonyl (C=O) groups is 1. The van der Waals surface area contributed by atoms with E-state index in [1.54, 1.807) is 0 Å².